The summed E-state index contributed by atoms with van der Waals surface area (Å²) in [7, 11) is 0. The average molecular weight is 265 g/mol. The molecule has 0 radical (unpaired) electrons. The van der Waals surface area contributed by atoms with Crippen LogP contribution in [0.1, 0.15) is 5.56 Å². The Bertz CT molecular complexity index is 562. The quantitative estimate of drug-likeness (QED) is 0.678. The fraction of sp³-hybridized carbons (Fsp3) is 0.0909. The molecule has 0 unspecified atom stereocenters. The van der Waals surface area contributed by atoms with Crippen molar-refractivity contribution in [3.63, 3.8) is 0 Å². The normalized spacial score (nSPS) is 10.1. The monoisotopic (exact) mass is 264 g/mol. The van der Waals surface area contributed by atoms with E-state index in [4.69, 9.17) is 11.6 Å². The van der Waals surface area contributed by atoms with Crippen LogP contribution < -0.4 is 5.32 Å². The van der Waals surface area contributed by atoms with Crippen LogP contribution in [0, 0.1) is 10.1 Å². The highest BCUT2D eigenvalue weighted by molar-refractivity contribution is 6.30. The first-order chi connectivity index (χ1) is 8.66. The molecule has 0 aliphatic heterocycles. The lowest BCUT2D eigenvalue weighted by Crippen LogP contribution is -2.04. The van der Waals surface area contributed by atoms with Gasteiger partial charge in [0.1, 0.15) is 0 Å². The number of rotatable bonds is 4. The number of nitrogens with one attached hydrogen (secondary N) is 1. The van der Waals surface area contributed by atoms with E-state index in [-0.39, 0.29) is 16.5 Å². The van der Waals surface area contributed by atoms with Crippen molar-refractivity contribution in [1.82, 2.24) is 9.97 Å². The Hall–Kier alpha value is -2.21. The van der Waals surface area contributed by atoms with Crippen molar-refractivity contribution in [3.8, 4) is 0 Å². The zero-order valence-corrected chi connectivity index (χ0v) is 9.96. The van der Waals surface area contributed by atoms with Gasteiger partial charge in [-0.3, -0.25) is 15.1 Å². The molecule has 0 fully saturated rings. The van der Waals surface area contributed by atoms with Crippen molar-refractivity contribution in [1.29, 1.82) is 0 Å². The topological polar surface area (TPSA) is 81.0 Å². The smallest absolute Gasteiger partial charge is 0.312 e. The molecule has 0 aromatic carbocycles. The Kier molecular flexibility index (Phi) is 3.69. The maximum Gasteiger partial charge on any atom is 0.312 e. The van der Waals surface area contributed by atoms with E-state index in [2.05, 4.69) is 15.3 Å². The van der Waals surface area contributed by atoms with Gasteiger partial charge in [0.05, 0.1) is 9.95 Å². The molecule has 18 heavy (non-hydrogen) atoms. The molecule has 2 aromatic heterocycles. The van der Waals surface area contributed by atoms with E-state index in [1.807, 2.05) is 12.1 Å². The van der Waals surface area contributed by atoms with Gasteiger partial charge in [-0.2, -0.15) is 0 Å². The van der Waals surface area contributed by atoms with Gasteiger partial charge in [0.15, 0.2) is 0 Å². The van der Waals surface area contributed by atoms with Crippen molar-refractivity contribution >= 4 is 23.1 Å². The van der Waals surface area contributed by atoms with Crippen LogP contribution in [-0.4, -0.2) is 14.9 Å². The van der Waals surface area contributed by atoms with Gasteiger partial charge in [0.2, 0.25) is 5.82 Å². The summed E-state index contributed by atoms with van der Waals surface area (Å²) >= 11 is 5.68. The van der Waals surface area contributed by atoms with Gasteiger partial charge in [0, 0.05) is 31.2 Å². The van der Waals surface area contributed by atoms with E-state index in [0.717, 1.165) is 5.56 Å². The molecule has 0 saturated heterocycles. The highest BCUT2D eigenvalue weighted by Crippen LogP contribution is 2.25. The molecule has 2 aromatic rings. The van der Waals surface area contributed by atoms with Crippen LogP contribution in [0.15, 0.2) is 36.8 Å². The molecule has 2 heterocycles. The fourth-order valence-corrected chi connectivity index (χ4v) is 1.54. The van der Waals surface area contributed by atoms with E-state index in [0.29, 0.717) is 6.54 Å². The van der Waals surface area contributed by atoms with Crippen LogP contribution in [-0.2, 0) is 6.54 Å². The lowest BCUT2D eigenvalue weighted by Gasteiger charge is -2.06. The minimum Gasteiger partial charge on any atom is -0.360 e. The summed E-state index contributed by atoms with van der Waals surface area (Å²) in [6, 6.07) is 4.90. The number of aromatic nitrogens is 2. The Morgan fingerprint density at radius 3 is 2.78 bits per heavy atom. The minimum absolute atomic E-state index is 0.142. The number of pyridine rings is 2. The summed E-state index contributed by atoms with van der Waals surface area (Å²) in [6.07, 6.45) is 4.67. The highest BCUT2D eigenvalue weighted by atomic mass is 35.5. The van der Waals surface area contributed by atoms with Gasteiger partial charge in [-0.15, -0.1) is 0 Å². The van der Waals surface area contributed by atoms with Gasteiger partial charge in [-0.25, -0.2) is 4.98 Å². The Morgan fingerprint density at radius 1 is 1.39 bits per heavy atom. The van der Waals surface area contributed by atoms with E-state index >= 15 is 0 Å². The van der Waals surface area contributed by atoms with Crippen molar-refractivity contribution in [2.75, 3.05) is 5.32 Å². The van der Waals surface area contributed by atoms with Gasteiger partial charge in [0.25, 0.3) is 0 Å². The first-order valence-corrected chi connectivity index (χ1v) is 5.47. The van der Waals surface area contributed by atoms with Crippen molar-refractivity contribution < 1.29 is 4.92 Å². The Balaban J connectivity index is 2.17. The molecule has 0 atom stereocenters. The summed E-state index contributed by atoms with van der Waals surface area (Å²) in [6.45, 7) is 0.429. The molecule has 0 bridgehead atoms. The summed E-state index contributed by atoms with van der Waals surface area (Å²) in [5, 5.41) is 14.0. The SMILES string of the molecule is O=[N+]([O-])c1cc(Cl)cnc1NCc1ccncc1. The third-order valence-electron chi connectivity index (χ3n) is 2.24. The van der Waals surface area contributed by atoms with E-state index < -0.39 is 4.92 Å². The number of hydrogen-bond acceptors (Lipinski definition) is 5. The Labute approximate surface area is 108 Å². The second kappa shape index (κ2) is 5.42. The predicted octanol–water partition coefficient (Wildman–Crippen LogP) is 2.65. The summed E-state index contributed by atoms with van der Waals surface area (Å²) < 4.78 is 0. The third-order valence-corrected chi connectivity index (χ3v) is 2.45. The third kappa shape index (κ3) is 2.92. The second-order valence-electron chi connectivity index (χ2n) is 3.49. The van der Waals surface area contributed by atoms with Crippen LogP contribution in [0.3, 0.4) is 0 Å². The number of anilines is 1. The molecule has 0 aliphatic rings. The molecule has 0 spiro atoms. The molecular weight excluding hydrogens is 256 g/mol. The fourth-order valence-electron chi connectivity index (χ4n) is 1.39. The first-order valence-electron chi connectivity index (χ1n) is 5.09. The van der Waals surface area contributed by atoms with Crippen LogP contribution in [0.5, 0.6) is 0 Å². The zero-order valence-electron chi connectivity index (χ0n) is 9.21. The lowest BCUT2D eigenvalue weighted by molar-refractivity contribution is -0.384. The number of halogens is 1. The molecule has 6 nitrogen and oxygen atoms in total. The van der Waals surface area contributed by atoms with E-state index in [1.165, 1.54) is 12.3 Å². The van der Waals surface area contributed by atoms with E-state index in [9.17, 15) is 10.1 Å². The number of nitro groups is 1. The van der Waals surface area contributed by atoms with Crippen molar-refractivity contribution in [2.45, 2.75) is 6.54 Å². The average Bonchev–Trinajstić information content (AvgIpc) is 2.38. The van der Waals surface area contributed by atoms with Crippen LogP contribution >= 0.6 is 11.6 Å². The molecule has 7 heteroatoms. The predicted molar refractivity (Wildman–Crippen MR) is 67.5 cm³/mol. The van der Waals surface area contributed by atoms with Gasteiger partial charge in [-0.05, 0) is 17.7 Å². The van der Waals surface area contributed by atoms with Gasteiger partial charge in [-0.1, -0.05) is 11.6 Å². The van der Waals surface area contributed by atoms with E-state index in [1.54, 1.807) is 12.4 Å². The van der Waals surface area contributed by atoms with Gasteiger partial charge < -0.3 is 5.32 Å². The molecule has 0 aliphatic carbocycles. The zero-order chi connectivity index (χ0) is 13.0. The minimum atomic E-state index is -0.520. The number of hydrogen-bond donors (Lipinski definition) is 1. The van der Waals surface area contributed by atoms with Crippen LogP contribution in [0.4, 0.5) is 11.5 Å². The van der Waals surface area contributed by atoms with Crippen LogP contribution in [0.25, 0.3) is 0 Å². The standard InChI is InChI=1S/C11H9ClN4O2/c12-9-5-10(16(17)18)11(15-7-9)14-6-8-1-3-13-4-2-8/h1-5,7H,6H2,(H,14,15). The maximum atomic E-state index is 10.8. The van der Waals surface area contributed by atoms with Crippen molar-refractivity contribution in [3.05, 3.63) is 57.5 Å². The summed E-state index contributed by atoms with van der Waals surface area (Å²) in [5.41, 5.74) is 0.813. The summed E-state index contributed by atoms with van der Waals surface area (Å²) in [4.78, 5) is 18.1. The second-order valence-corrected chi connectivity index (χ2v) is 3.92. The molecule has 1 N–H and O–H groups in total. The lowest BCUT2D eigenvalue weighted by atomic mass is 10.2. The molecule has 92 valence electrons. The summed E-state index contributed by atoms with van der Waals surface area (Å²) in [5.74, 6) is 0.196. The maximum absolute atomic E-state index is 10.8. The highest BCUT2D eigenvalue weighted by Gasteiger charge is 2.15. The van der Waals surface area contributed by atoms with Gasteiger partial charge >= 0.3 is 5.69 Å². The van der Waals surface area contributed by atoms with Crippen molar-refractivity contribution in [2.24, 2.45) is 0 Å². The molecule has 2 rings (SSSR count). The first kappa shape index (κ1) is 12.3. The van der Waals surface area contributed by atoms with Crippen LogP contribution in [0.2, 0.25) is 5.02 Å². The molecular formula is C11H9ClN4O2. The number of nitrogens with zero attached hydrogens (tertiary/aromatic N) is 3. The molecule has 0 saturated carbocycles. The largest absolute Gasteiger partial charge is 0.360 e. The Morgan fingerprint density at radius 2 is 2.11 bits per heavy atom. The molecule has 0 amide bonds.